The summed E-state index contributed by atoms with van der Waals surface area (Å²) in [5, 5.41) is 8.79. The molecule has 1 N–H and O–H groups in total. The van der Waals surface area contributed by atoms with Gasteiger partial charge in [0.05, 0.1) is 11.7 Å². The molecule has 1 aromatic rings. The Labute approximate surface area is 96.8 Å². The number of hydrogen-bond acceptors (Lipinski definition) is 6. The molecular formula is C9H12N4O2S. The Morgan fingerprint density at radius 3 is 3.12 bits per heavy atom. The summed E-state index contributed by atoms with van der Waals surface area (Å²) in [6.45, 7) is 0.509. The number of likely N-dealkylation sites (tertiary alicyclic amines) is 1. The summed E-state index contributed by atoms with van der Waals surface area (Å²) < 4.78 is 3.73. The van der Waals surface area contributed by atoms with Crippen molar-refractivity contribution in [1.82, 2.24) is 19.8 Å². The van der Waals surface area contributed by atoms with Crippen LogP contribution in [0.1, 0.15) is 18.5 Å². The fourth-order valence-electron chi connectivity index (χ4n) is 1.59. The Morgan fingerprint density at radius 2 is 2.44 bits per heavy atom. The first kappa shape index (κ1) is 11.2. The minimum Gasteiger partial charge on any atom is -0.300 e. The maximum Gasteiger partial charge on any atom is 0.246 e. The first-order valence-electron chi connectivity index (χ1n) is 4.98. The van der Waals surface area contributed by atoms with Crippen molar-refractivity contribution in [1.29, 1.82) is 0 Å². The molecule has 7 heteroatoms. The van der Waals surface area contributed by atoms with E-state index in [0.717, 1.165) is 5.69 Å². The summed E-state index contributed by atoms with van der Waals surface area (Å²) in [6, 6.07) is -0.288. The number of nitrogens with zero attached hydrogens (tertiary/aromatic N) is 3. The quantitative estimate of drug-likeness (QED) is 0.739. The molecule has 1 unspecified atom stereocenters. The number of rotatable bonds is 3. The van der Waals surface area contributed by atoms with Crippen LogP contribution in [-0.2, 0) is 16.1 Å². The number of carbonyl (C=O) groups is 2. The van der Waals surface area contributed by atoms with Crippen molar-refractivity contribution in [3.63, 3.8) is 0 Å². The van der Waals surface area contributed by atoms with Gasteiger partial charge in [0.1, 0.15) is 0 Å². The summed E-state index contributed by atoms with van der Waals surface area (Å²) >= 11 is 1.28. The van der Waals surface area contributed by atoms with Crippen LogP contribution >= 0.6 is 11.5 Å². The van der Waals surface area contributed by atoms with Crippen molar-refractivity contribution >= 4 is 23.3 Å². The highest BCUT2D eigenvalue weighted by Crippen LogP contribution is 2.11. The predicted octanol–water partition coefficient (Wildman–Crippen LogP) is -0.225. The highest BCUT2D eigenvalue weighted by molar-refractivity contribution is 7.03. The molecule has 0 saturated carbocycles. The molecule has 0 spiro atoms. The van der Waals surface area contributed by atoms with E-state index in [2.05, 4.69) is 14.9 Å². The van der Waals surface area contributed by atoms with Gasteiger partial charge < -0.3 is 5.32 Å². The molecule has 1 aliphatic rings. The summed E-state index contributed by atoms with van der Waals surface area (Å²) in [7, 11) is 1.52. The Kier molecular flexibility index (Phi) is 3.25. The average Bonchev–Trinajstić information content (AvgIpc) is 2.78. The Balaban J connectivity index is 1.91. The van der Waals surface area contributed by atoms with Gasteiger partial charge >= 0.3 is 0 Å². The third kappa shape index (κ3) is 2.25. The van der Waals surface area contributed by atoms with Crippen molar-refractivity contribution in [2.24, 2.45) is 0 Å². The third-order valence-corrected chi connectivity index (χ3v) is 3.14. The van der Waals surface area contributed by atoms with Crippen molar-refractivity contribution in [3.8, 4) is 0 Å². The van der Waals surface area contributed by atoms with Gasteiger partial charge in [-0.3, -0.25) is 14.5 Å². The zero-order chi connectivity index (χ0) is 11.5. The van der Waals surface area contributed by atoms with Gasteiger partial charge in [-0.15, -0.1) is 5.10 Å². The lowest BCUT2D eigenvalue weighted by Gasteiger charge is -2.27. The topological polar surface area (TPSA) is 75.2 Å². The van der Waals surface area contributed by atoms with Crippen molar-refractivity contribution < 1.29 is 9.59 Å². The fourth-order valence-corrected chi connectivity index (χ4v) is 2.05. The van der Waals surface area contributed by atoms with Crippen LogP contribution in [0.15, 0.2) is 5.38 Å². The number of amides is 2. The smallest absolute Gasteiger partial charge is 0.246 e. The number of carbonyl (C=O) groups excluding carboxylic acids is 2. The van der Waals surface area contributed by atoms with E-state index < -0.39 is 0 Å². The van der Waals surface area contributed by atoms with E-state index >= 15 is 0 Å². The van der Waals surface area contributed by atoms with Crippen LogP contribution in [0.25, 0.3) is 0 Å². The van der Waals surface area contributed by atoms with Gasteiger partial charge in [0, 0.05) is 25.4 Å². The van der Waals surface area contributed by atoms with Crippen LogP contribution in [0.3, 0.4) is 0 Å². The molecule has 16 heavy (non-hydrogen) atoms. The van der Waals surface area contributed by atoms with E-state index in [0.29, 0.717) is 19.4 Å². The molecule has 2 rings (SSSR count). The van der Waals surface area contributed by atoms with E-state index in [4.69, 9.17) is 0 Å². The zero-order valence-corrected chi connectivity index (χ0v) is 9.66. The molecule has 86 valence electrons. The third-order valence-electron chi connectivity index (χ3n) is 2.58. The minimum absolute atomic E-state index is 0.113. The predicted molar refractivity (Wildman–Crippen MR) is 57.5 cm³/mol. The van der Waals surface area contributed by atoms with Gasteiger partial charge in [0.2, 0.25) is 11.8 Å². The standard InChI is InChI=1S/C9H12N4O2S/c1-13-8(14)3-2-7(9(13)15)10-4-6-5-16-12-11-6/h5,7,10H,2-4H2,1H3. The maximum absolute atomic E-state index is 11.7. The van der Waals surface area contributed by atoms with Gasteiger partial charge in [0.25, 0.3) is 0 Å². The molecule has 2 heterocycles. The van der Waals surface area contributed by atoms with E-state index in [1.54, 1.807) is 0 Å². The maximum atomic E-state index is 11.7. The van der Waals surface area contributed by atoms with Crippen molar-refractivity contribution in [2.75, 3.05) is 7.05 Å². The molecule has 0 radical (unpaired) electrons. The highest BCUT2D eigenvalue weighted by Gasteiger charge is 2.31. The molecule has 1 saturated heterocycles. The molecule has 1 atom stereocenters. The van der Waals surface area contributed by atoms with Crippen LogP contribution in [0, 0.1) is 0 Å². The molecular weight excluding hydrogens is 228 g/mol. The number of piperidine rings is 1. The largest absolute Gasteiger partial charge is 0.300 e. The van der Waals surface area contributed by atoms with E-state index in [1.807, 2.05) is 5.38 Å². The van der Waals surface area contributed by atoms with Crippen LogP contribution in [-0.4, -0.2) is 39.4 Å². The molecule has 0 aromatic carbocycles. The minimum atomic E-state index is -0.288. The lowest BCUT2D eigenvalue weighted by molar-refractivity contribution is -0.148. The van der Waals surface area contributed by atoms with Gasteiger partial charge in [-0.1, -0.05) is 4.49 Å². The lowest BCUT2D eigenvalue weighted by atomic mass is 10.0. The molecule has 2 amide bonds. The molecule has 0 bridgehead atoms. The summed E-state index contributed by atoms with van der Waals surface area (Å²) in [5.74, 6) is -0.280. The van der Waals surface area contributed by atoms with Gasteiger partial charge in [0.15, 0.2) is 0 Å². The monoisotopic (exact) mass is 240 g/mol. The first-order chi connectivity index (χ1) is 7.68. The average molecular weight is 240 g/mol. The molecule has 1 aliphatic heterocycles. The van der Waals surface area contributed by atoms with Crippen LogP contribution in [0.4, 0.5) is 0 Å². The lowest BCUT2D eigenvalue weighted by Crippen LogP contribution is -2.51. The summed E-state index contributed by atoms with van der Waals surface area (Å²) in [4.78, 5) is 24.1. The Bertz CT molecular complexity index is 392. The van der Waals surface area contributed by atoms with E-state index in [9.17, 15) is 9.59 Å². The SMILES string of the molecule is CN1C(=O)CCC(NCc2csnn2)C1=O. The second-order valence-electron chi connectivity index (χ2n) is 3.66. The second-order valence-corrected chi connectivity index (χ2v) is 4.27. The van der Waals surface area contributed by atoms with Gasteiger partial charge in [-0.2, -0.15) is 0 Å². The fraction of sp³-hybridized carbons (Fsp3) is 0.556. The Hall–Kier alpha value is -1.34. The van der Waals surface area contributed by atoms with Gasteiger partial charge in [-0.05, 0) is 18.0 Å². The van der Waals surface area contributed by atoms with E-state index in [1.165, 1.54) is 23.5 Å². The van der Waals surface area contributed by atoms with Crippen molar-refractivity contribution in [2.45, 2.75) is 25.4 Å². The molecule has 1 aromatic heterocycles. The summed E-state index contributed by atoms with van der Waals surface area (Å²) in [5.41, 5.74) is 0.817. The number of imide groups is 1. The zero-order valence-electron chi connectivity index (χ0n) is 8.84. The normalized spacial score (nSPS) is 21.6. The molecule has 6 nitrogen and oxygen atoms in total. The number of hydrogen-bond donors (Lipinski definition) is 1. The second kappa shape index (κ2) is 4.67. The number of likely N-dealkylation sites (N-methyl/N-ethyl adjacent to an activating group) is 1. The number of nitrogens with one attached hydrogen (secondary N) is 1. The molecule has 1 fully saturated rings. The Morgan fingerprint density at radius 1 is 1.62 bits per heavy atom. The van der Waals surface area contributed by atoms with Crippen LogP contribution < -0.4 is 5.32 Å². The summed E-state index contributed by atoms with van der Waals surface area (Å²) in [6.07, 6.45) is 0.967. The number of aromatic nitrogens is 2. The van der Waals surface area contributed by atoms with Crippen LogP contribution in [0.2, 0.25) is 0 Å². The van der Waals surface area contributed by atoms with E-state index in [-0.39, 0.29) is 17.9 Å². The first-order valence-corrected chi connectivity index (χ1v) is 5.82. The van der Waals surface area contributed by atoms with Crippen molar-refractivity contribution in [3.05, 3.63) is 11.1 Å². The molecule has 0 aliphatic carbocycles. The van der Waals surface area contributed by atoms with Crippen LogP contribution in [0.5, 0.6) is 0 Å². The van der Waals surface area contributed by atoms with Gasteiger partial charge in [-0.25, -0.2) is 0 Å². The highest BCUT2D eigenvalue weighted by atomic mass is 32.1.